The van der Waals surface area contributed by atoms with Crippen LogP contribution in [0.15, 0.2) is 10.9 Å². The van der Waals surface area contributed by atoms with Crippen molar-refractivity contribution in [3.63, 3.8) is 0 Å². The van der Waals surface area contributed by atoms with Crippen molar-refractivity contribution in [1.29, 1.82) is 0 Å². The Bertz CT molecular complexity index is 348. The van der Waals surface area contributed by atoms with Crippen molar-refractivity contribution in [2.24, 2.45) is 11.8 Å². The number of carbonyl (C=O) groups is 1. The average Bonchev–Trinajstić information content (AvgIpc) is 2.66. The molecule has 1 amide bonds. The maximum Gasteiger partial charge on any atom is 0.225 e. The molecule has 4 nitrogen and oxygen atoms in total. The Morgan fingerprint density at radius 1 is 1.75 bits per heavy atom. The number of rotatable bonds is 4. The maximum atomic E-state index is 12.1. The highest BCUT2D eigenvalue weighted by Gasteiger charge is 2.30. The van der Waals surface area contributed by atoms with Gasteiger partial charge in [0.25, 0.3) is 0 Å². The second-order valence-electron chi connectivity index (χ2n) is 4.38. The summed E-state index contributed by atoms with van der Waals surface area (Å²) >= 11 is 1.56. The first-order valence-electron chi connectivity index (χ1n) is 5.51. The number of amides is 1. The van der Waals surface area contributed by atoms with E-state index in [1.165, 1.54) is 0 Å². The van der Waals surface area contributed by atoms with Crippen LogP contribution in [0.5, 0.6) is 0 Å². The van der Waals surface area contributed by atoms with Gasteiger partial charge in [-0.25, -0.2) is 4.98 Å². The summed E-state index contributed by atoms with van der Waals surface area (Å²) in [5.74, 6) is 0.842. The van der Waals surface area contributed by atoms with E-state index in [1.807, 2.05) is 19.4 Å². The highest BCUT2D eigenvalue weighted by molar-refractivity contribution is 7.07. The number of carbonyl (C=O) groups excluding carboxylic acids is 1. The van der Waals surface area contributed by atoms with Crippen molar-refractivity contribution in [3.05, 3.63) is 16.6 Å². The first-order valence-corrected chi connectivity index (χ1v) is 6.45. The van der Waals surface area contributed by atoms with Crippen LogP contribution in [0.25, 0.3) is 0 Å². The summed E-state index contributed by atoms with van der Waals surface area (Å²) in [6.45, 7) is 4.58. The molecule has 88 valence electrons. The maximum absolute atomic E-state index is 12.1. The van der Waals surface area contributed by atoms with E-state index in [-0.39, 0.29) is 11.8 Å². The van der Waals surface area contributed by atoms with Crippen LogP contribution in [-0.2, 0) is 11.3 Å². The Hall–Kier alpha value is -0.940. The third kappa shape index (κ3) is 2.41. The molecule has 16 heavy (non-hydrogen) atoms. The SMILES string of the molecule is CC(C(=O)N(C)Cc1cscn1)C1CNC1. The molecule has 1 aromatic heterocycles. The van der Waals surface area contributed by atoms with Crippen LogP contribution >= 0.6 is 11.3 Å². The predicted octanol–water partition coefficient (Wildman–Crippen LogP) is 0.957. The summed E-state index contributed by atoms with van der Waals surface area (Å²) in [6, 6.07) is 0. The van der Waals surface area contributed by atoms with Gasteiger partial charge in [0.05, 0.1) is 17.7 Å². The number of nitrogens with zero attached hydrogens (tertiary/aromatic N) is 2. The van der Waals surface area contributed by atoms with Gasteiger partial charge in [-0.3, -0.25) is 4.79 Å². The smallest absolute Gasteiger partial charge is 0.225 e. The fourth-order valence-corrected chi connectivity index (χ4v) is 2.40. The van der Waals surface area contributed by atoms with Crippen molar-refractivity contribution >= 4 is 17.2 Å². The Balaban J connectivity index is 1.88. The fourth-order valence-electron chi connectivity index (χ4n) is 1.85. The summed E-state index contributed by atoms with van der Waals surface area (Å²) < 4.78 is 0. The molecule has 0 radical (unpaired) electrons. The average molecular weight is 239 g/mol. The van der Waals surface area contributed by atoms with Crippen molar-refractivity contribution in [2.75, 3.05) is 20.1 Å². The van der Waals surface area contributed by atoms with E-state index in [0.29, 0.717) is 12.5 Å². The van der Waals surface area contributed by atoms with Gasteiger partial charge >= 0.3 is 0 Å². The van der Waals surface area contributed by atoms with Gasteiger partial charge in [-0.15, -0.1) is 11.3 Å². The quantitative estimate of drug-likeness (QED) is 0.851. The van der Waals surface area contributed by atoms with Gasteiger partial charge in [0.15, 0.2) is 0 Å². The highest BCUT2D eigenvalue weighted by atomic mass is 32.1. The van der Waals surface area contributed by atoms with Gasteiger partial charge in [-0.2, -0.15) is 0 Å². The van der Waals surface area contributed by atoms with Crippen molar-refractivity contribution in [3.8, 4) is 0 Å². The lowest BCUT2D eigenvalue weighted by Gasteiger charge is -2.33. The molecule has 2 rings (SSSR count). The van der Waals surface area contributed by atoms with Gasteiger partial charge in [0, 0.05) is 18.3 Å². The lowest BCUT2D eigenvalue weighted by Crippen LogP contribution is -2.49. The molecular weight excluding hydrogens is 222 g/mol. The van der Waals surface area contributed by atoms with E-state index in [0.717, 1.165) is 18.8 Å². The van der Waals surface area contributed by atoms with Crippen molar-refractivity contribution in [2.45, 2.75) is 13.5 Å². The van der Waals surface area contributed by atoms with Crippen LogP contribution in [0.1, 0.15) is 12.6 Å². The van der Waals surface area contributed by atoms with Crippen LogP contribution in [0, 0.1) is 11.8 Å². The minimum Gasteiger partial charge on any atom is -0.340 e. The van der Waals surface area contributed by atoms with E-state index < -0.39 is 0 Å². The zero-order valence-electron chi connectivity index (χ0n) is 9.64. The van der Waals surface area contributed by atoms with E-state index >= 15 is 0 Å². The van der Waals surface area contributed by atoms with E-state index in [9.17, 15) is 4.79 Å². The first kappa shape index (κ1) is 11.5. The number of aromatic nitrogens is 1. The Morgan fingerprint density at radius 2 is 2.50 bits per heavy atom. The summed E-state index contributed by atoms with van der Waals surface area (Å²) in [5, 5.41) is 5.19. The molecule has 0 bridgehead atoms. The molecule has 1 saturated heterocycles. The first-order chi connectivity index (χ1) is 7.68. The minimum atomic E-state index is 0.116. The molecule has 1 fully saturated rings. The molecule has 0 aromatic carbocycles. The summed E-state index contributed by atoms with van der Waals surface area (Å²) in [5.41, 5.74) is 2.77. The van der Waals surface area contributed by atoms with Crippen LogP contribution in [0.2, 0.25) is 0 Å². The van der Waals surface area contributed by atoms with Crippen LogP contribution in [0.4, 0.5) is 0 Å². The Morgan fingerprint density at radius 3 is 3.00 bits per heavy atom. The zero-order chi connectivity index (χ0) is 11.5. The second-order valence-corrected chi connectivity index (χ2v) is 5.10. The van der Waals surface area contributed by atoms with E-state index in [1.54, 1.807) is 21.7 Å². The minimum absolute atomic E-state index is 0.116. The third-order valence-electron chi connectivity index (χ3n) is 3.17. The van der Waals surface area contributed by atoms with E-state index in [2.05, 4.69) is 10.3 Å². The van der Waals surface area contributed by atoms with Gasteiger partial charge in [0.1, 0.15) is 0 Å². The van der Waals surface area contributed by atoms with Crippen molar-refractivity contribution in [1.82, 2.24) is 15.2 Å². The van der Waals surface area contributed by atoms with Crippen molar-refractivity contribution < 1.29 is 4.79 Å². The van der Waals surface area contributed by atoms with E-state index in [4.69, 9.17) is 0 Å². The fraction of sp³-hybridized carbons (Fsp3) is 0.636. The largest absolute Gasteiger partial charge is 0.340 e. The number of thiazole rings is 1. The highest BCUT2D eigenvalue weighted by Crippen LogP contribution is 2.18. The molecule has 1 aliphatic rings. The number of hydrogen-bond acceptors (Lipinski definition) is 4. The monoisotopic (exact) mass is 239 g/mol. The summed E-state index contributed by atoms with van der Waals surface area (Å²) in [4.78, 5) is 18.0. The Kier molecular flexibility index (Phi) is 3.56. The molecule has 1 unspecified atom stereocenters. The molecule has 1 atom stereocenters. The topological polar surface area (TPSA) is 45.2 Å². The molecule has 1 N–H and O–H groups in total. The standard InChI is InChI=1S/C11H17N3OS/c1-8(9-3-12-4-9)11(15)14(2)5-10-6-16-7-13-10/h6-9,12H,3-5H2,1-2H3. The lowest BCUT2D eigenvalue weighted by molar-refractivity contribution is -0.136. The molecule has 1 aliphatic heterocycles. The van der Waals surface area contributed by atoms with Crippen LogP contribution < -0.4 is 5.32 Å². The van der Waals surface area contributed by atoms with Crippen LogP contribution in [-0.4, -0.2) is 35.9 Å². The molecule has 2 heterocycles. The Labute approximate surface area is 99.7 Å². The number of nitrogens with one attached hydrogen (secondary N) is 1. The third-order valence-corrected chi connectivity index (χ3v) is 3.80. The van der Waals surface area contributed by atoms with Gasteiger partial charge in [-0.1, -0.05) is 6.92 Å². The summed E-state index contributed by atoms with van der Waals surface area (Å²) in [7, 11) is 1.85. The number of hydrogen-bond donors (Lipinski definition) is 1. The normalized spacial score (nSPS) is 17.9. The zero-order valence-corrected chi connectivity index (χ0v) is 10.5. The molecule has 1 aromatic rings. The molecule has 0 spiro atoms. The van der Waals surface area contributed by atoms with Gasteiger partial charge in [0.2, 0.25) is 5.91 Å². The summed E-state index contributed by atoms with van der Waals surface area (Å²) in [6.07, 6.45) is 0. The molecule has 0 aliphatic carbocycles. The lowest BCUT2D eigenvalue weighted by atomic mass is 9.88. The van der Waals surface area contributed by atoms with Gasteiger partial charge in [-0.05, 0) is 19.0 Å². The predicted molar refractivity (Wildman–Crippen MR) is 64.1 cm³/mol. The molecule has 0 saturated carbocycles. The second kappa shape index (κ2) is 4.93. The van der Waals surface area contributed by atoms with Gasteiger partial charge < -0.3 is 10.2 Å². The molecular formula is C11H17N3OS. The molecule has 5 heteroatoms. The van der Waals surface area contributed by atoms with Crippen LogP contribution in [0.3, 0.4) is 0 Å².